The van der Waals surface area contributed by atoms with Crippen LogP contribution in [0.4, 0.5) is 0 Å². The van der Waals surface area contributed by atoms with Crippen LogP contribution < -0.4 is 15.2 Å². The second-order valence-electron chi connectivity index (χ2n) is 5.19. The Bertz CT molecular complexity index is 709. The number of carbonyl (C=O) groups is 1. The van der Waals surface area contributed by atoms with Gasteiger partial charge in [0.25, 0.3) is 0 Å². The van der Waals surface area contributed by atoms with Gasteiger partial charge in [-0.1, -0.05) is 35.0 Å². The number of nitrogens with zero attached hydrogens (tertiary/aromatic N) is 1. The van der Waals surface area contributed by atoms with Gasteiger partial charge in [-0.05, 0) is 38.1 Å². The summed E-state index contributed by atoms with van der Waals surface area (Å²) in [6.45, 7) is 3.54. The van der Waals surface area contributed by atoms with E-state index >= 15 is 0 Å². The minimum atomic E-state index is -0.826. The first kappa shape index (κ1) is 17.3. The van der Waals surface area contributed by atoms with Crippen LogP contribution >= 0.6 is 0 Å². The van der Waals surface area contributed by atoms with E-state index in [1.807, 2.05) is 19.1 Å². The van der Waals surface area contributed by atoms with Crippen molar-refractivity contribution >= 4 is 11.8 Å². The predicted molar refractivity (Wildman–Crippen MR) is 91.1 cm³/mol. The van der Waals surface area contributed by atoms with Gasteiger partial charge >= 0.3 is 5.97 Å². The second-order valence-corrected chi connectivity index (χ2v) is 5.19. The zero-order valence-corrected chi connectivity index (χ0v) is 13.9. The van der Waals surface area contributed by atoms with E-state index < -0.39 is 12.1 Å². The first-order valence-corrected chi connectivity index (χ1v) is 7.41. The predicted octanol–water partition coefficient (Wildman–Crippen LogP) is 2.63. The van der Waals surface area contributed by atoms with E-state index in [0.29, 0.717) is 17.1 Å². The number of hydrogen-bond donors (Lipinski definition) is 1. The lowest BCUT2D eigenvalue weighted by Gasteiger charge is -2.12. The number of ether oxygens (including phenoxy) is 2. The molecule has 0 aliphatic carbocycles. The first-order valence-electron chi connectivity index (χ1n) is 7.41. The van der Waals surface area contributed by atoms with Gasteiger partial charge in [-0.3, -0.25) is 0 Å². The Hall–Kier alpha value is -3.02. The molecule has 0 unspecified atom stereocenters. The lowest BCUT2D eigenvalue weighted by molar-refractivity contribution is -0.151. The van der Waals surface area contributed by atoms with Gasteiger partial charge in [0, 0.05) is 5.56 Å². The Morgan fingerprint density at radius 3 is 2.21 bits per heavy atom. The van der Waals surface area contributed by atoms with Gasteiger partial charge in [-0.25, -0.2) is 4.79 Å². The van der Waals surface area contributed by atoms with E-state index in [1.54, 1.807) is 50.4 Å². The molecule has 0 heterocycles. The number of nitrogens with two attached hydrogens (primary N) is 1. The van der Waals surface area contributed by atoms with Crippen molar-refractivity contribution in [3.8, 4) is 11.5 Å². The fraction of sp³-hybridized carbons (Fsp3) is 0.222. The van der Waals surface area contributed by atoms with E-state index in [2.05, 4.69) is 5.16 Å². The Kier molecular flexibility index (Phi) is 5.78. The third-order valence-electron chi connectivity index (χ3n) is 3.29. The molecule has 0 bridgehead atoms. The molecule has 0 fully saturated rings. The SMILES string of the molecule is COc1ccc(O[C@@H](C)C(=O)O/N=C(/N)c2ccc(C)cc2)cc1. The number of oxime groups is 1. The van der Waals surface area contributed by atoms with Crippen molar-refractivity contribution in [1.82, 2.24) is 0 Å². The lowest BCUT2D eigenvalue weighted by atomic mass is 10.1. The molecule has 0 aliphatic heterocycles. The Balaban J connectivity index is 1.92. The van der Waals surface area contributed by atoms with Crippen LogP contribution in [0.25, 0.3) is 0 Å². The van der Waals surface area contributed by atoms with Crippen molar-refractivity contribution < 1.29 is 19.1 Å². The maximum atomic E-state index is 11.9. The molecule has 0 aliphatic rings. The molecule has 2 aromatic carbocycles. The molecule has 0 saturated carbocycles. The highest BCUT2D eigenvalue weighted by Crippen LogP contribution is 2.18. The van der Waals surface area contributed by atoms with E-state index in [-0.39, 0.29) is 5.84 Å². The molecule has 0 radical (unpaired) electrons. The van der Waals surface area contributed by atoms with Crippen LogP contribution in [-0.2, 0) is 9.63 Å². The maximum Gasteiger partial charge on any atom is 0.374 e. The molecule has 0 aromatic heterocycles. The molecular weight excluding hydrogens is 308 g/mol. The monoisotopic (exact) mass is 328 g/mol. The summed E-state index contributed by atoms with van der Waals surface area (Å²) in [6, 6.07) is 14.3. The molecule has 1 atom stereocenters. The molecule has 126 valence electrons. The molecule has 6 nitrogen and oxygen atoms in total. The van der Waals surface area contributed by atoms with Crippen molar-refractivity contribution in [2.75, 3.05) is 7.11 Å². The summed E-state index contributed by atoms with van der Waals surface area (Å²) in [5, 5.41) is 3.66. The summed E-state index contributed by atoms with van der Waals surface area (Å²) in [7, 11) is 1.58. The number of methoxy groups -OCH3 is 1. The summed E-state index contributed by atoms with van der Waals surface area (Å²) in [5.74, 6) is 0.713. The summed E-state index contributed by atoms with van der Waals surface area (Å²) < 4.78 is 10.5. The van der Waals surface area contributed by atoms with Crippen LogP contribution in [0.1, 0.15) is 18.1 Å². The number of amidine groups is 1. The number of rotatable bonds is 6. The average Bonchev–Trinajstić information content (AvgIpc) is 2.60. The summed E-state index contributed by atoms with van der Waals surface area (Å²) in [5.41, 5.74) is 7.58. The maximum absolute atomic E-state index is 11.9. The van der Waals surface area contributed by atoms with E-state index in [0.717, 1.165) is 5.56 Å². The fourth-order valence-corrected chi connectivity index (χ4v) is 1.85. The van der Waals surface area contributed by atoms with Crippen LogP contribution in [0.2, 0.25) is 0 Å². The standard InChI is InChI=1S/C18H20N2O4/c1-12-4-6-14(7-5-12)17(19)20-24-18(21)13(2)23-16-10-8-15(22-3)9-11-16/h4-11,13H,1-3H3,(H2,19,20)/t13-/m0/s1. The summed E-state index contributed by atoms with van der Waals surface area (Å²) in [4.78, 5) is 16.8. The van der Waals surface area contributed by atoms with Gasteiger partial charge in [0.1, 0.15) is 11.5 Å². The molecule has 2 rings (SSSR count). The Morgan fingerprint density at radius 2 is 1.62 bits per heavy atom. The molecule has 2 N–H and O–H groups in total. The highest BCUT2D eigenvalue weighted by Gasteiger charge is 2.17. The molecule has 2 aromatic rings. The topological polar surface area (TPSA) is 83.1 Å². The molecule has 24 heavy (non-hydrogen) atoms. The number of hydrogen-bond acceptors (Lipinski definition) is 5. The van der Waals surface area contributed by atoms with Crippen molar-refractivity contribution in [2.45, 2.75) is 20.0 Å². The van der Waals surface area contributed by atoms with Crippen LogP contribution in [0.15, 0.2) is 53.7 Å². The van der Waals surface area contributed by atoms with Crippen LogP contribution in [0.3, 0.4) is 0 Å². The molecular formula is C18H20N2O4. The highest BCUT2D eigenvalue weighted by molar-refractivity contribution is 5.97. The van der Waals surface area contributed by atoms with Crippen LogP contribution in [0.5, 0.6) is 11.5 Å². The smallest absolute Gasteiger partial charge is 0.374 e. The third-order valence-corrected chi connectivity index (χ3v) is 3.29. The number of carbonyl (C=O) groups excluding carboxylic acids is 1. The van der Waals surface area contributed by atoms with Crippen molar-refractivity contribution in [3.05, 3.63) is 59.7 Å². The van der Waals surface area contributed by atoms with Gasteiger partial charge in [-0.15, -0.1) is 0 Å². The highest BCUT2D eigenvalue weighted by atomic mass is 16.7. The second kappa shape index (κ2) is 8.01. The zero-order chi connectivity index (χ0) is 17.5. The van der Waals surface area contributed by atoms with Crippen LogP contribution in [0, 0.1) is 6.92 Å². The normalized spacial score (nSPS) is 12.4. The van der Waals surface area contributed by atoms with E-state index in [9.17, 15) is 4.79 Å². The van der Waals surface area contributed by atoms with E-state index in [1.165, 1.54) is 0 Å². The van der Waals surface area contributed by atoms with Gasteiger partial charge in [0.15, 0.2) is 11.9 Å². The Morgan fingerprint density at radius 1 is 1.04 bits per heavy atom. The van der Waals surface area contributed by atoms with Gasteiger partial charge in [0.05, 0.1) is 7.11 Å². The third kappa shape index (κ3) is 4.74. The summed E-state index contributed by atoms with van der Waals surface area (Å²) in [6.07, 6.45) is -0.826. The fourth-order valence-electron chi connectivity index (χ4n) is 1.85. The molecule has 0 spiro atoms. The van der Waals surface area contributed by atoms with E-state index in [4.69, 9.17) is 20.0 Å². The van der Waals surface area contributed by atoms with Crippen molar-refractivity contribution in [2.24, 2.45) is 10.9 Å². The summed E-state index contributed by atoms with van der Waals surface area (Å²) >= 11 is 0. The molecule has 6 heteroatoms. The minimum Gasteiger partial charge on any atom is -0.497 e. The zero-order valence-electron chi connectivity index (χ0n) is 13.9. The minimum absolute atomic E-state index is 0.125. The van der Waals surface area contributed by atoms with Gasteiger partial charge < -0.3 is 20.0 Å². The lowest BCUT2D eigenvalue weighted by Crippen LogP contribution is -2.26. The number of benzene rings is 2. The first-order chi connectivity index (χ1) is 11.5. The van der Waals surface area contributed by atoms with Gasteiger partial charge in [-0.2, -0.15) is 0 Å². The van der Waals surface area contributed by atoms with Crippen LogP contribution in [-0.4, -0.2) is 25.0 Å². The number of aryl methyl sites for hydroxylation is 1. The molecule has 0 saturated heterocycles. The molecule has 0 amide bonds. The average molecular weight is 328 g/mol. The quantitative estimate of drug-likeness (QED) is 0.381. The van der Waals surface area contributed by atoms with Crippen molar-refractivity contribution in [3.63, 3.8) is 0 Å². The van der Waals surface area contributed by atoms with Gasteiger partial charge in [0.2, 0.25) is 0 Å². The Labute approximate surface area is 140 Å². The largest absolute Gasteiger partial charge is 0.497 e. The van der Waals surface area contributed by atoms with Crippen molar-refractivity contribution in [1.29, 1.82) is 0 Å².